The van der Waals surface area contributed by atoms with Gasteiger partial charge in [-0.15, -0.1) is 0 Å². The van der Waals surface area contributed by atoms with Crippen LogP contribution < -0.4 is 4.72 Å². The Labute approximate surface area is 124 Å². The summed E-state index contributed by atoms with van der Waals surface area (Å²) in [6.45, 7) is 2.07. The molecule has 0 heterocycles. The van der Waals surface area contributed by atoms with Crippen LogP contribution in [-0.2, 0) is 10.0 Å². The summed E-state index contributed by atoms with van der Waals surface area (Å²) in [5.74, 6) is 0.340. The van der Waals surface area contributed by atoms with E-state index in [2.05, 4.69) is 11.6 Å². The van der Waals surface area contributed by atoms with Gasteiger partial charge in [0.05, 0.1) is 15.5 Å². The first-order valence-electron chi connectivity index (χ1n) is 6.66. The van der Waals surface area contributed by atoms with Gasteiger partial charge in [-0.25, -0.2) is 13.1 Å². The number of rotatable bonds is 3. The van der Waals surface area contributed by atoms with Crippen LogP contribution in [0.15, 0.2) is 23.1 Å². The SMILES string of the molecule is C[C@@H]1CCCC[C@@H]1NS(=O)(=O)c1ccc(C#N)c(Cl)c1. The lowest BCUT2D eigenvalue weighted by atomic mass is 9.87. The summed E-state index contributed by atoms with van der Waals surface area (Å²) < 4.78 is 27.4. The van der Waals surface area contributed by atoms with Crippen LogP contribution in [0.1, 0.15) is 38.2 Å². The number of nitrogens with one attached hydrogen (secondary N) is 1. The fourth-order valence-corrected chi connectivity index (χ4v) is 4.20. The summed E-state index contributed by atoms with van der Waals surface area (Å²) >= 11 is 5.89. The molecule has 1 aliphatic carbocycles. The Morgan fingerprint density at radius 1 is 1.35 bits per heavy atom. The van der Waals surface area contributed by atoms with E-state index in [1.54, 1.807) is 0 Å². The van der Waals surface area contributed by atoms with Crippen molar-refractivity contribution in [3.8, 4) is 6.07 Å². The molecule has 108 valence electrons. The highest BCUT2D eigenvalue weighted by atomic mass is 35.5. The second-order valence-electron chi connectivity index (χ2n) is 5.24. The number of nitriles is 1. The molecular formula is C14H17ClN2O2S. The lowest BCUT2D eigenvalue weighted by Gasteiger charge is -2.29. The summed E-state index contributed by atoms with van der Waals surface area (Å²) in [7, 11) is -3.58. The van der Waals surface area contributed by atoms with Crippen molar-refractivity contribution in [3.05, 3.63) is 28.8 Å². The van der Waals surface area contributed by atoms with Gasteiger partial charge < -0.3 is 0 Å². The van der Waals surface area contributed by atoms with Gasteiger partial charge in [-0.1, -0.05) is 31.4 Å². The van der Waals surface area contributed by atoms with E-state index in [0.29, 0.717) is 5.92 Å². The van der Waals surface area contributed by atoms with E-state index < -0.39 is 10.0 Å². The van der Waals surface area contributed by atoms with E-state index in [4.69, 9.17) is 16.9 Å². The predicted molar refractivity (Wildman–Crippen MR) is 77.9 cm³/mol. The molecule has 1 N–H and O–H groups in total. The molecule has 4 nitrogen and oxygen atoms in total. The summed E-state index contributed by atoms with van der Waals surface area (Å²) in [4.78, 5) is 0.110. The summed E-state index contributed by atoms with van der Waals surface area (Å²) in [6.07, 6.45) is 4.11. The minimum atomic E-state index is -3.58. The van der Waals surface area contributed by atoms with E-state index in [0.717, 1.165) is 25.7 Å². The molecule has 1 aromatic rings. The number of hydrogen-bond donors (Lipinski definition) is 1. The molecule has 1 aromatic carbocycles. The second-order valence-corrected chi connectivity index (χ2v) is 7.36. The monoisotopic (exact) mass is 312 g/mol. The third-order valence-electron chi connectivity index (χ3n) is 3.79. The van der Waals surface area contributed by atoms with E-state index in [-0.39, 0.29) is 21.5 Å². The first-order valence-corrected chi connectivity index (χ1v) is 8.52. The maximum atomic E-state index is 12.3. The summed E-state index contributed by atoms with van der Waals surface area (Å²) in [5.41, 5.74) is 0.275. The van der Waals surface area contributed by atoms with Crippen LogP contribution in [0, 0.1) is 17.2 Å². The van der Waals surface area contributed by atoms with Gasteiger partial charge in [-0.2, -0.15) is 5.26 Å². The average Bonchev–Trinajstić information content (AvgIpc) is 2.41. The zero-order chi connectivity index (χ0) is 14.8. The molecule has 2 atom stereocenters. The van der Waals surface area contributed by atoms with E-state index in [9.17, 15) is 8.42 Å². The maximum Gasteiger partial charge on any atom is 0.240 e. The molecule has 0 bridgehead atoms. The van der Waals surface area contributed by atoms with Crippen LogP contribution in [0.25, 0.3) is 0 Å². The summed E-state index contributed by atoms with van der Waals surface area (Å²) in [5, 5.41) is 8.97. The Kier molecular flexibility index (Phi) is 4.69. The van der Waals surface area contributed by atoms with E-state index in [1.165, 1.54) is 18.2 Å². The van der Waals surface area contributed by atoms with Crippen molar-refractivity contribution in [1.29, 1.82) is 5.26 Å². The highest BCUT2D eigenvalue weighted by Gasteiger charge is 2.27. The fraction of sp³-hybridized carbons (Fsp3) is 0.500. The molecule has 0 aliphatic heterocycles. The number of halogens is 1. The van der Waals surface area contributed by atoms with Crippen molar-refractivity contribution in [2.75, 3.05) is 0 Å². The van der Waals surface area contributed by atoms with Crippen molar-refractivity contribution in [3.63, 3.8) is 0 Å². The molecule has 1 aliphatic rings. The largest absolute Gasteiger partial charge is 0.240 e. The van der Waals surface area contributed by atoms with E-state index in [1.807, 2.05) is 6.07 Å². The van der Waals surface area contributed by atoms with Crippen LogP contribution in [0.5, 0.6) is 0 Å². The average molecular weight is 313 g/mol. The molecule has 20 heavy (non-hydrogen) atoms. The van der Waals surface area contributed by atoms with Crippen molar-refractivity contribution in [1.82, 2.24) is 4.72 Å². The Bertz CT molecular complexity index is 637. The highest BCUT2D eigenvalue weighted by molar-refractivity contribution is 7.89. The highest BCUT2D eigenvalue weighted by Crippen LogP contribution is 2.26. The minimum Gasteiger partial charge on any atom is -0.208 e. The molecule has 6 heteroatoms. The Morgan fingerprint density at radius 3 is 2.65 bits per heavy atom. The lowest BCUT2D eigenvalue weighted by Crippen LogP contribution is -2.40. The van der Waals surface area contributed by atoms with Gasteiger partial charge in [0.15, 0.2) is 0 Å². The van der Waals surface area contributed by atoms with Gasteiger partial charge in [-0.05, 0) is 37.0 Å². The standard InChI is InChI=1S/C14H17ClN2O2S/c1-10-4-2-3-5-14(10)17-20(18,19)12-7-6-11(9-16)13(15)8-12/h6-8,10,14,17H,2-5H2,1H3/t10-,14+/m1/s1. The topological polar surface area (TPSA) is 70.0 Å². The van der Waals surface area contributed by atoms with E-state index >= 15 is 0 Å². The smallest absolute Gasteiger partial charge is 0.208 e. The van der Waals surface area contributed by atoms with Crippen molar-refractivity contribution in [2.45, 2.75) is 43.5 Å². The van der Waals surface area contributed by atoms with Gasteiger partial charge in [-0.3, -0.25) is 0 Å². The van der Waals surface area contributed by atoms with Gasteiger partial charge in [0.1, 0.15) is 6.07 Å². The lowest BCUT2D eigenvalue weighted by molar-refractivity contribution is 0.310. The van der Waals surface area contributed by atoms with Crippen molar-refractivity contribution in [2.24, 2.45) is 5.92 Å². The van der Waals surface area contributed by atoms with Crippen LogP contribution in [-0.4, -0.2) is 14.5 Å². The van der Waals surface area contributed by atoms with Crippen molar-refractivity contribution < 1.29 is 8.42 Å². The number of benzene rings is 1. The Morgan fingerprint density at radius 2 is 2.05 bits per heavy atom. The summed E-state index contributed by atoms with van der Waals surface area (Å²) in [6, 6.07) is 6.07. The molecule has 0 amide bonds. The van der Waals surface area contributed by atoms with Crippen LogP contribution in [0.3, 0.4) is 0 Å². The van der Waals surface area contributed by atoms with Crippen molar-refractivity contribution >= 4 is 21.6 Å². The molecule has 0 aromatic heterocycles. The third-order valence-corrected chi connectivity index (χ3v) is 5.59. The molecule has 0 spiro atoms. The zero-order valence-electron chi connectivity index (χ0n) is 11.3. The Balaban J connectivity index is 2.22. The quantitative estimate of drug-likeness (QED) is 0.932. The predicted octanol–water partition coefficient (Wildman–Crippen LogP) is 3.07. The first-order chi connectivity index (χ1) is 9.44. The number of sulfonamides is 1. The minimum absolute atomic E-state index is 0.0248. The molecular weight excluding hydrogens is 296 g/mol. The van der Waals surface area contributed by atoms with Gasteiger partial charge in [0.2, 0.25) is 10.0 Å². The fourth-order valence-electron chi connectivity index (χ4n) is 2.51. The third kappa shape index (κ3) is 3.32. The normalized spacial score (nSPS) is 23.2. The van der Waals surface area contributed by atoms with Gasteiger partial charge in [0.25, 0.3) is 0 Å². The molecule has 1 saturated carbocycles. The molecule has 2 rings (SSSR count). The van der Waals surface area contributed by atoms with Crippen LogP contribution in [0.4, 0.5) is 0 Å². The van der Waals surface area contributed by atoms with Gasteiger partial charge >= 0.3 is 0 Å². The first kappa shape index (κ1) is 15.3. The number of nitrogens with zero attached hydrogens (tertiary/aromatic N) is 1. The van der Waals surface area contributed by atoms with Crippen LogP contribution in [0.2, 0.25) is 5.02 Å². The molecule has 0 saturated heterocycles. The van der Waals surface area contributed by atoms with Crippen LogP contribution >= 0.6 is 11.6 Å². The number of hydrogen-bond acceptors (Lipinski definition) is 3. The molecule has 0 radical (unpaired) electrons. The maximum absolute atomic E-state index is 12.3. The second kappa shape index (κ2) is 6.13. The van der Waals surface area contributed by atoms with Gasteiger partial charge in [0, 0.05) is 6.04 Å². The molecule has 1 fully saturated rings. The Hall–Kier alpha value is -1.09. The molecule has 0 unspecified atom stereocenters. The zero-order valence-corrected chi connectivity index (χ0v) is 12.8.